The Morgan fingerprint density at radius 1 is 1.13 bits per heavy atom. The van der Waals surface area contributed by atoms with Crippen molar-refractivity contribution in [3.05, 3.63) is 22.6 Å². The topological polar surface area (TPSA) is 66.4 Å². The van der Waals surface area contributed by atoms with Crippen molar-refractivity contribution in [1.82, 2.24) is 5.32 Å². The summed E-state index contributed by atoms with van der Waals surface area (Å²) in [7, 11) is 0. The molecule has 0 unspecified atom stereocenters. The molecule has 1 aliphatic carbocycles. The van der Waals surface area contributed by atoms with E-state index in [4.69, 9.17) is 11.6 Å². The van der Waals surface area contributed by atoms with E-state index in [0.717, 1.165) is 19.3 Å². The van der Waals surface area contributed by atoms with Gasteiger partial charge in [-0.05, 0) is 18.9 Å². The number of hydrogen-bond donors (Lipinski definition) is 2. The van der Waals surface area contributed by atoms with Crippen LogP contribution in [0.5, 0.6) is 0 Å². The van der Waals surface area contributed by atoms with E-state index in [0.29, 0.717) is 30.0 Å². The molecular formula is C18H28ClNO3. The van der Waals surface area contributed by atoms with Crippen LogP contribution in [0.3, 0.4) is 0 Å². The molecule has 0 fully saturated rings. The van der Waals surface area contributed by atoms with E-state index in [1.165, 1.54) is 25.7 Å². The second-order valence-corrected chi connectivity index (χ2v) is 6.57. The molecule has 0 saturated carbocycles. The van der Waals surface area contributed by atoms with E-state index in [1.54, 1.807) is 6.08 Å². The number of aliphatic hydroxyl groups excluding tert-OH is 1. The number of nitrogens with one attached hydrogen (secondary N) is 1. The van der Waals surface area contributed by atoms with E-state index in [9.17, 15) is 14.7 Å². The number of aliphatic hydroxyl groups is 1. The molecule has 0 radical (unpaired) electrons. The van der Waals surface area contributed by atoms with Gasteiger partial charge in [-0.2, -0.15) is 0 Å². The Morgan fingerprint density at radius 2 is 1.78 bits per heavy atom. The van der Waals surface area contributed by atoms with E-state index in [-0.39, 0.29) is 23.9 Å². The van der Waals surface area contributed by atoms with Crippen molar-refractivity contribution >= 4 is 23.3 Å². The smallest absolute Gasteiger partial charge is 0.231 e. The molecule has 5 heteroatoms. The van der Waals surface area contributed by atoms with Crippen LogP contribution in [0.2, 0.25) is 0 Å². The Kier molecular flexibility index (Phi) is 9.69. The van der Waals surface area contributed by atoms with Crippen LogP contribution in [0.15, 0.2) is 22.6 Å². The molecule has 0 aromatic heterocycles. The summed E-state index contributed by atoms with van der Waals surface area (Å²) in [6.07, 6.45) is 10.9. The van der Waals surface area contributed by atoms with Crippen molar-refractivity contribution in [2.45, 2.75) is 77.6 Å². The minimum Gasteiger partial charge on any atom is -0.510 e. The summed E-state index contributed by atoms with van der Waals surface area (Å²) in [5, 5.41) is 12.9. The van der Waals surface area contributed by atoms with E-state index in [2.05, 4.69) is 12.2 Å². The van der Waals surface area contributed by atoms with Crippen molar-refractivity contribution in [2.24, 2.45) is 0 Å². The number of allylic oxidation sites excluding steroid dienone is 3. The van der Waals surface area contributed by atoms with Gasteiger partial charge in [0.2, 0.25) is 5.91 Å². The summed E-state index contributed by atoms with van der Waals surface area (Å²) in [5.41, 5.74) is 0.315. The first-order valence-corrected chi connectivity index (χ1v) is 9.00. The Bertz CT molecular complexity index is 469. The average Bonchev–Trinajstić information content (AvgIpc) is 2.50. The summed E-state index contributed by atoms with van der Waals surface area (Å²) in [5.74, 6) is -0.327. The highest BCUT2D eigenvalue weighted by molar-refractivity contribution is 6.29. The fourth-order valence-corrected chi connectivity index (χ4v) is 2.74. The van der Waals surface area contributed by atoms with E-state index in [1.807, 2.05) is 0 Å². The number of carbonyl (C=O) groups is 2. The van der Waals surface area contributed by atoms with Gasteiger partial charge in [0.25, 0.3) is 0 Å². The predicted molar refractivity (Wildman–Crippen MR) is 93.2 cm³/mol. The summed E-state index contributed by atoms with van der Waals surface area (Å²) in [4.78, 5) is 23.6. The standard InChI is InChI=1S/C18H28ClNO3/c1-2-3-4-5-6-7-8-9-15(21)13-18(23)20-16-12-14(19)10-11-17(16)22/h12,22H,2-11,13H2,1H3,(H,20,23). The van der Waals surface area contributed by atoms with Gasteiger partial charge in [0.15, 0.2) is 0 Å². The first kappa shape index (κ1) is 19.8. The van der Waals surface area contributed by atoms with Gasteiger partial charge in [-0.15, -0.1) is 0 Å². The molecule has 1 amide bonds. The fraction of sp³-hybridized carbons (Fsp3) is 0.667. The first-order chi connectivity index (χ1) is 11.0. The number of halogens is 1. The molecule has 0 bridgehead atoms. The maximum absolute atomic E-state index is 11.8. The summed E-state index contributed by atoms with van der Waals surface area (Å²) in [6, 6.07) is 0. The molecule has 23 heavy (non-hydrogen) atoms. The zero-order valence-electron chi connectivity index (χ0n) is 14.0. The number of unbranched alkanes of at least 4 members (excludes halogenated alkanes) is 6. The van der Waals surface area contributed by atoms with Crippen LogP contribution in [0.1, 0.15) is 77.6 Å². The van der Waals surface area contributed by atoms with Gasteiger partial charge in [-0.25, -0.2) is 0 Å². The number of carbonyl (C=O) groups excluding carboxylic acids is 2. The quantitative estimate of drug-likeness (QED) is 0.415. The molecule has 0 atom stereocenters. The lowest BCUT2D eigenvalue weighted by molar-refractivity contribution is -0.127. The maximum atomic E-state index is 11.8. The first-order valence-electron chi connectivity index (χ1n) is 8.62. The molecular weight excluding hydrogens is 314 g/mol. The van der Waals surface area contributed by atoms with Gasteiger partial charge >= 0.3 is 0 Å². The molecule has 1 aliphatic rings. The Hall–Kier alpha value is -1.29. The van der Waals surface area contributed by atoms with Crippen molar-refractivity contribution in [1.29, 1.82) is 0 Å². The third kappa shape index (κ3) is 8.80. The van der Waals surface area contributed by atoms with Crippen LogP contribution in [0.4, 0.5) is 0 Å². The number of rotatable bonds is 11. The molecule has 130 valence electrons. The lowest BCUT2D eigenvalue weighted by Gasteiger charge is -2.14. The molecule has 0 spiro atoms. The van der Waals surface area contributed by atoms with Crippen molar-refractivity contribution in [3.8, 4) is 0 Å². The second-order valence-electron chi connectivity index (χ2n) is 6.09. The molecule has 0 aromatic carbocycles. The number of hydrogen-bond acceptors (Lipinski definition) is 3. The Labute approximate surface area is 144 Å². The SMILES string of the molecule is CCCCCCCCCC(=O)CC(=O)NC1=C(O)CCC(Cl)=C1. The zero-order chi connectivity index (χ0) is 17.1. The monoisotopic (exact) mass is 341 g/mol. The lowest BCUT2D eigenvalue weighted by atomic mass is 10.1. The van der Waals surface area contributed by atoms with Gasteiger partial charge in [0.05, 0.1) is 12.1 Å². The highest BCUT2D eigenvalue weighted by Crippen LogP contribution is 2.23. The average molecular weight is 342 g/mol. The third-order valence-corrected chi connectivity index (χ3v) is 4.20. The lowest BCUT2D eigenvalue weighted by Crippen LogP contribution is -2.26. The minimum atomic E-state index is -0.387. The van der Waals surface area contributed by atoms with E-state index >= 15 is 0 Å². The normalized spacial score (nSPS) is 14.6. The van der Waals surface area contributed by atoms with Gasteiger partial charge in [0.1, 0.15) is 11.5 Å². The van der Waals surface area contributed by atoms with Crippen molar-refractivity contribution in [2.75, 3.05) is 0 Å². The molecule has 0 saturated heterocycles. The van der Waals surface area contributed by atoms with Crippen molar-refractivity contribution in [3.63, 3.8) is 0 Å². The summed E-state index contributed by atoms with van der Waals surface area (Å²) in [6.45, 7) is 2.19. The number of amides is 1. The molecule has 0 aromatic rings. The van der Waals surface area contributed by atoms with Gasteiger partial charge in [-0.1, -0.05) is 57.0 Å². The highest BCUT2D eigenvalue weighted by atomic mass is 35.5. The van der Waals surface area contributed by atoms with Gasteiger partial charge in [0, 0.05) is 17.9 Å². The molecule has 4 nitrogen and oxygen atoms in total. The second kappa shape index (κ2) is 11.3. The fourth-order valence-electron chi connectivity index (χ4n) is 2.53. The maximum Gasteiger partial charge on any atom is 0.231 e. The summed E-state index contributed by atoms with van der Waals surface area (Å²) < 4.78 is 0. The van der Waals surface area contributed by atoms with Crippen LogP contribution in [0, 0.1) is 0 Å². The van der Waals surface area contributed by atoms with Gasteiger partial charge < -0.3 is 10.4 Å². The van der Waals surface area contributed by atoms with Crippen molar-refractivity contribution < 1.29 is 14.7 Å². The Balaban J connectivity index is 2.18. The molecule has 0 heterocycles. The van der Waals surface area contributed by atoms with Crippen LogP contribution in [0.25, 0.3) is 0 Å². The molecule has 0 aliphatic heterocycles. The number of ketones is 1. The molecule has 2 N–H and O–H groups in total. The Morgan fingerprint density at radius 3 is 2.48 bits per heavy atom. The van der Waals surface area contributed by atoms with E-state index < -0.39 is 0 Å². The predicted octanol–water partition coefficient (Wildman–Crippen LogP) is 4.89. The highest BCUT2D eigenvalue weighted by Gasteiger charge is 2.15. The largest absolute Gasteiger partial charge is 0.510 e. The van der Waals surface area contributed by atoms with Crippen LogP contribution in [-0.2, 0) is 9.59 Å². The zero-order valence-corrected chi connectivity index (χ0v) is 14.8. The third-order valence-electron chi connectivity index (χ3n) is 3.90. The van der Waals surface area contributed by atoms with Crippen LogP contribution in [-0.4, -0.2) is 16.8 Å². The number of Topliss-reactive ketones (excluding diaryl/α,β-unsaturated/α-hetero) is 1. The van der Waals surface area contributed by atoms with Crippen LogP contribution >= 0.6 is 11.6 Å². The van der Waals surface area contributed by atoms with Crippen LogP contribution < -0.4 is 5.32 Å². The van der Waals surface area contributed by atoms with Gasteiger partial charge in [-0.3, -0.25) is 9.59 Å². The molecule has 1 rings (SSSR count). The minimum absolute atomic E-state index is 0.0537. The summed E-state index contributed by atoms with van der Waals surface area (Å²) >= 11 is 5.89.